The molecular weight excluding hydrogens is 558 g/mol. The Morgan fingerprint density at radius 1 is 1.20 bits per heavy atom. The summed E-state index contributed by atoms with van der Waals surface area (Å²) in [5.74, 6) is -0.929. The summed E-state index contributed by atoms with van der Waals surface area (Å²) in [4.78, 5) is 25.1. The number of carbonyl (C=O) groups excluding carboxylic acids is 2. The van der Waals surface area contributed by atoms with Gasteiger partial charge in [-0.25, -0.2) is 18.0 Å². The smallest absolute Gasteiger partial charge is 0.351 e. The minimum atomic E-state index is -3.38. The molecule has 2 aromatic rings. The van der Waals surface area contributed by atoms with E-state index in [2.05, 4.69) is 15.9 Å². The van der Waals surface area contributed by atoms with Crippen LogP contribution >= 0.6 is 27.3 Å². The number of esters is 2. The molecule has 192 valence electrons. The summed E-state index contributed by atoms with van der Waals surface area (Å²) in [6.45, 7) is 1.84. The van der Waals surface area contributed by atoms with Crippen LogP contribution in [0.1, 0.15) is 54.3 Å². The predicted molar refractivity (Wildman–Crippen MR) is 138 cm³/mol. The van der Waals surface area contributed by atoms with Crippen LogP contribution in [0.2, 0.25) is 0 Å². The van der Waals surface area contributed by atoms with E-state index in [0.29, 0.717) is 9.35 Å². The number of ether oxygens (including phenoxy) is 3. The number of methoxy groups -OCH3 is 1. The summed E-state index contributed by atoms with van der Waals surface area (Å²) >= 11 is 4.68. The van der Waals surface area contributed by atoms with E-state index in [-0.39, 0.29) is 36.4 Å². The molecule has 0 saturated heterocycles. The summed E-state index contributed by atoms with van der Waals surface area (Å²) in [5.41, 5.74) is 1.63. The number of nitrogens with zero attached hydrogens (tertiary/aromatic N) is 1. The molecular formula is C24H30BrNO7S2. The van der Waals surface area contributed by atoms with Crippen LogP contribution in [-0.2, 0) is 30.8 Å². The Hall–Kier alpha value is -1.95. The maximum atomic E-state index is 12.6. The van der Waals surface area contributed by atoms with Crippen LogP contribution < -0.4 is 4.74 Å². The lowest BCUT2D eigenvalue weighted by Gasteiger charge is -2.32. The molecule has 35 heavy (non-hydrogen) atoms. The Bertz CT molecular complexity index is 1160. The van der Waals surface area contributed by atoms with E-state index >= 15 is 0 Å². The van der Waals surface area contributed by atoms with Crippen LogP contribution in [0.4, 0.5) is 0 Å². The van der Waals surface area contributed by atoms with E-state index in [4.69, 9.17) is 14.2 Å². The third-order valence-corrected chi connectivity index (χ3v) is 9.25. The van der Waals surface area contributed by atoms with Crippen molar-refractivity contribution in [2.45, 2.75) is 51.6 Å². The van der Waals surface area contributed by atoms with E-state index in [9.17, 15) is 18.0 Å². The van der Waals surface area contributed by atoms with Gasteiger partial charge in [0, 0.05) is 12.6 Å². The zero-order chi connectivity index (χ0) is 25.6. The lowest BCUT2D eigenvalue weighted by atomic mass is 9.95. The van der Waals surface area contributed by atoms with Gasteiger partial charge in [0.2, 0.25) is 10.0 Å². The molecule has 11 heteroatoms. The van der Waals surface area contributed by atoms with E-state index in [1.165, 1.54) is 24.7 Å². The zero-order valence-corrected chi connectivity index (χ0v) is 23.3. The fraction of sp³-hybridized carbons (Fsp3) is 0.500. The van der Waals surface area contributed by atoms with Crippen molar-refractivity contribution in [2.75, 3.05) is 26.6 Å². The number of benzene rings is 1. The van der Waals surface area contributed by atoms with Crippen molar-refractivity contribution in [3.8, 4) is 16.2 Å². The van der Waals surface area contributed by atoms with E-state index in [1.807, 2.05) is 24.3 Å². The molecule has 0 bridgehead atoms. The molecule has 0 radical (unpaired) electrons. The molecule has 1 aromatic heterocycles. The first-order chi connectivity index (χ1) is 16.7. The SMILES string of the molecule is CCOC(=O)COc1c(C(=O)OC)sc(-c2cccc(CN(C3CCCCC3)S(C)(=O)=O)c2)c1Br. The number of hydrogen-bond acceptors (Lipinski definition) is 8. The monoisotopic (exact) mass is 587 g/mol. The molecule has 0 N–H and O–H groups in total. The molecule has 0 unspecified atom stereocenters. The van der Waals surface area contributed by atoms with Gasteiger partial charge in [0.05, 0.1) is 29.3 Å². The molecule has 0 atom stereocenters. The molecule has 0 aliphatic heterocycles. The summed E-state index contributed by atoms with van der Waals surface area (Å²) in [6.07, 6.45) is 6.20. The molecule has 3 rings (SSSR count). The fourth-order valence-corrected chi connectivity index (χ4v) is 7.25. The summed E-state index contributed by atoms with van der Waals surface area (Å²) in [7, 11) is -2.11. The second-order valence-corrected chi connectivity index (χ2v) is 12.0. The van der Waals surface area contributed by atoms with Crippen LogP contribution in [0.3, 0.4) is 0 Å². The van der Waals surface area contributed by atoms with Gasteiger partial charge >= 0.3 is 11.9 Å². The van der Waals surface area contributed by atoms with E-state index in [1.54, 1.807) is 11.2 Å². The molecule has 1 aliphatic rings. The molecule has 1 fully saturated rings. The average Bonchev–Trinajstić information content (AvgIpc) is 3.17. The third kappa shape index (κ3) is 7.05. The number of halogens is 1. The predicted octanol–water partition coefficient (Wildman–Crippen LogP) is 5.00. The highest BCUT2D eigenvalue weighted by molar-refractivity contribution is 9.10. The van der Waals surface area contributed by atoms with Gasteiger partial charge in [-0.05, 0) is 52.9 Å². The number of carbonyl (C=O) groups is 2. The van der Waals surface area contributed by atoms with Gasteiger partial charge in [-0.15, -0.1) is 11.3 Å². The van der Waals surface area contributed by atoms with Gasteiger partial charge in [-0.2, -0.15) is 4.31 Å². The molecule has 0 spiro atoms. The molecule has 8 nitrogen and oxygen atoms in total. The second kappa shape index (κ2) is 12.3. The Kier molecular flexibility index (Phi) is 9.74. The number of rotatable bonds is 10. The van der Waals surface area contributed by atoms with Gasteiger partial charge in [0.25, 0.3) is 0 Å². The van der Waals surface area contributed by atoms with Gasteiger partial charge in [-0.1, -0.05) is 37.5 Å². The van der Waals surface area contributed by atoms with Crippen LogP contribution in [-0.4, -0.2) is 57.3 Å². The van der Waals surface area contributed by atoms with Crippen LogP contribution in [0.25, 0.3) is 10.4 Å². The van der Waals surface area contributed by atoms with Crippen molar-refractivity contribution < 1.29 is 32.2 Å². The number of hydrogen-bond donors (Lipinski definition) is 0. The summed E-state index contributed by atoms with van der Waals surface area (Å²) < 4.78 is 42.7. The average molecular weight is 589 g/mol. The topological polar surface area (TPSA) is 99.2 Å². The standard InChI is InChI=1S/C24H30BrNO7S2/c1-4-32-19(27)15-33-21-20(25)22(34-23(21)24(28)31-2)17-10-8-9-16(13-17)14-26(35(3,29)30)18-11-6-5-7-12-18/h8-10,13,18H,4-7,11-12,14-15H2,1-3H3. The first-order valence-corrected chi connectivity index (χ1v) is 14.9. The maximum absolute atomic E-state index is 12.6. The van der Waals surface area contributed by atoms with Crippen molar-refractivity contribution in [1.29, 1.82) is 0 Å². The van der Waals surface area contributed by atoms with Crippen molar-refractivity contribution in [3.63, 3.8) is 0 Å². The van der Waals surface area contributed by atoms with Crippen molar-refractivity contribution in [2.24, 2.45) is 0 Å². The normalized spacial score (nSPS) is 14.7. The lowest BCUT2D eigenvalue weighted by molar-refractivity contribution is -0.145. The highest BCUT2D eigenvalue weighted by atomic mass is 79.9. The Labute approximate surface area is 218 Å². The highest BCUT2D eigenvalue weighted by Crippen LogP contribution is 2.46. The number of sulfonamides is 1. The molecule has 1 aliphatic carbocycles. The Morgan fingerprint density at radius 3 is 2.54 bits per heavy atom. The first-order valence-electron chi connectivity index (χ1n) is 11.4. The van der Waals surface area contributed by atoms with Crippen molar-refractivity contribution >= 4 is 49.2 Å². The minimum absolute atomic E-state index is 0.00434. The quantitative estimate of drug-likeness (QED) is 0.360. The first kappa shape index (κ1) is 27.6. The van der Waals surface area contributed by atoms with Gasteiger partial charge in [0.1, 0.15) is 0 Å². The number of thiophene rings is 1. The fourth-order valence-electron chi connectivity index (χ4n) is 4.15. The van der Waals surface area contributed by atoms with E-state index < -0.39 is 22.0 Å². The van der Waals surface area contributed by atoms with Gasteiger partial charge < -0.3 is 14.2 Å². The zero-order valence-electron chi connectivity index (χ0n) is 20.0. The maximum Gasteiger partial charge on any atom is 0.351 e. The Morgan fingerprint density at radius 2 is 1.91 bits per heavy atom. The van der Waals surface area contributed by atoms with Gasteiger partial charge in [0.15, 0.2) is 17.2 Å². The molecule has 1 aromatic carbocycles. The third-order valence-electron chi connectivity index (χ3n) is 5.76. The van der Waals surface area contributed by atoms with Crippen molar-refractivity contribution in [3.05, 3.63) is 39.2 Å². The van der Waals surface area contributed by atoms with E-state index in [0.717, 1.165) is 43.2 Å². The van der Waals surface area contributed by atoms with Crippen LogP contribution in [0.5, 0.6) is 5.75 Å². The van der Waals surface area contributed by atoms with Crippen molar-refractivity contribution in [1.82, 2.24) is 4.31 Å². The second-order valence-electron chi connectivity index (χ2n) is 8.29. The molecule has 0 amide bonds. The van der Waals surface area contributed by atoms with Crippen LogP contribution in [0.15, 0.2) is 28.7 Å². The lowest BCUT2D eigenvalue weighted by Crippen LogP contribution is -2.40. The largest absolute Gasteiger partial charge is 0.479 e. The van der Waals surface area contributed by atoms with Gasteiger partial charge in [-0.3, -0.25) is 0 Å². The summed E-state index contributed by atoms with van der Waals surface area (Å²) in [5, 5.41) is 0. The minimum Gasteiger partial charge on any atom is -0.479 e. The molecule has 1 saturated carbocycles. The highest BCUT2D eigenvalue weighted by Gasteiger charge is 2.29. The molecule has 1 heterocycles. The summed E-state index contributed by atoms with van der Waals surface area (Å²) in [6, 6.07) is 7.54. The Balaban J connectivity index is 1.92. The van der Waals surface area contributed by atoms with Crippen LogP contribution in [0, 0.1) is 0 Å².